The summed E-state index contributed by atoms with van der Waals surface area (Å²) in [5, 5.41) is 5.99. The van der Waals surface area contributed by atoms with Gasteiger partial charge in [0.2, 0.25) is 5.91 Å². The fourth-order valence-corrected chi connectivity index (χ4v) is 3.44. The lowest BCUT2D eigenvalue weighted by molar-refractivity contribution is -0.136. The zero-order valence-electron chi connectivity index (χ0n) is 17.1. The normalized spacial score (nSPS) is 19.4. The highest BCUT2D eigenvalue weighted by Crippen LogP contribution is 2.26. The molecule has 0 spiro atoms. The maximum atomic E-state index is 13.0. The van der Waals surface area contributed by atoms with Crippen LogP contribution in [0, 0.1) is 0 Å². The van der Waals surface area contributed by atoms with Crippen molar-refractivity contribution >= 4 is 35.1 Å². The van der Waals surface area contributed by atoms with Crippen molar-refractivity contribution in [2.24, 2.45) is 0 Å². The number of methoxy groups -OCH3 is 1. The summed E-state index contributed by atoms with van der Waals surface area (Å²) in [5.41, 5.74) is 0.475. The highest BCUT2D eigenvalue weighted by molar-refractivity contribution is 6.30. The maximum Gasteiger partial charge on any atom is 0.325 e. The zero-order valence-corrected chi connectivity index (χ0v) is 17.8. The Morgan fingerprint density at radius 2 is 1.80 bits per heavy atom. The molecule has 2 aromatic rings. The van der Waals surface area contributed by atoms with E-state index in [1.54, 1.807) is 38.3 Å². The number of urea groups is 1. The molecule has 30 heavy (non-hydrogen) atoms. The van der Waals surface area contributed by atoms with Crippen LogP contribution in [0.3, 0.4) is 0 Å². The summed E-state index contributed by atoms with van der Waals surface area (Å²) < 4.78 is 5.15. The highest BCUT2D eigenvalue weighted by atomic mass is 35.5. The molecule has 3 rings (SSSR count). The molecule has 1 aliphatic rings. The number of benzene rings is 2. The number of aryl methyl sites for hydroxylation is 1. The van der Waals surface area contributed by atoms with E-state index in [-0.39, 0.29) is 0 Å². The number of amides is 4. The number of imide groups is 1. The molecule has 1 heterocycles. The lowest BCUT2D eigenvalue weighted by Gasteiger charge is -2.24. The molecule has 0 radical (unpaired) electrons. The summed E-state index contributed by atoms with van der Waals surface area (Å²) in [4.78, 5) is 39.1. The Labute approximate surface area is 180 Å². The predicted octanol–water partition coefficient (Wildman–Crippen LogP) is 3.62. The predicted molar refractivity (Wildman–Crippen MR) is 115 cm³/mol. The fourth-order valence-electron chi connectivity index (χ4n) is 3.31. The van der Waals surface area contributed by atoms with Crippen molar-refractivity contribution in [3.05, 3.63) is 59.1 Å². The van der Waals surface area contributed by atoms with Gasteiger partial charge in [-0.2, -0.15) is 0 Å². The molecule has 4 amide bonds. The standard InChI is InChI=1S/C22H24ClN3O4/c1-14(19(27)24-17-8-6-16(23)7-9-17)26-20(28)22(2,25-21(26)29)13-12-15-4-10-18(30-3)11-5-15/h4-11,14H,12-13H2,1-3H3,(H,24,27)(H,25,29). The van der Waals surface area contributed by atoms with Gasteiger partial charge < -0.3 is 15.4 Å². The maximum absolute atomic E-state index is 13.0. The summed E-state index contributed by atoms with van der Waals surface area (Å²) in [6, 6.07) is 12.6. The van der Waals surface area contributed by atoms with Crippen LogP contribution in [-0.4, -0.2) is 41.4 Å². The average molecular weight is 430 g/mol. The minimum Gasteiger partial charge on any atom is -0.497 e. The van der Waals surface area contributed by atoms with Crippen LogP contribution in [0.2, 0.25) is 5.02 Å². The van der Waals surface area contributed by atoms with Crippen molar-refractivity contribution in [2.45, 2.75) is 38.3 Å². The van der Waals surface area contributed by atoms with Crippen LogP contribution < -0.4 is 15.4 Å². The third-order valence-electron chi connectivity index (χ3n) is 5.24. The van der Waals surface area contributed by atoms with Gasteiger partial charge in [0.1, 0.15) is 17.3 Å². The number of carbonyl (C=O) groups excluding carboxylic acids is 3. The summed E-state index contributed by atoms with van der Waals surface area (Å²) in [5.74, 6) is -0.123. The number of hydrogen-bond acceptors (Lipinski definition) is 4. The number of anilines is 1. The Balaban J connectivity index is 1.65. The van der Waals surface area contributed by atoms with E-state index >= 15 is 0 Å². The largest absolute Gasteiger partial charge is 0.497 e. The van der Waals surface area contributed by atoms with Crippen LogP contribution in [0.5, 0.6) is 5.75 Å². The summed E-state index contributed by atoms with van der Waals surface area (Å²) in [7, 11) is 1.60. The lowest BCUT2D eigenvalue weighted by atomic mass is 9.93. The Morgan fingerprint density at radius 1 is 1.17 bits per heavy atom. The van der Waals surface area contributed by atoms with Crippen molar-refractivity contribution < 1.29 is 19.1 Å². The van der Waals surface area contributed by atoms with E-state index in [1.807, 2.05) is 24.3 Å². The monoisotopic (exact) mass is 429 g/mol. The molecular formula is C22H24ClN3O4. The Kier molecular flexibility index (Phi) is 6.31. The highest BCUT2D eigenvalue weighted by Gasteiger charge is 2.50. The number of halogens is 1. The third kappa shape index (κ3) is 4.57. The Bertz CT molecular complexity index is 946. The first kappa shape index (κ1) is 21.6. The number of carbonyl (C=O) groups is 3. The van der Waals surface area contributed by atoms with Crippen molar-refractivity contribution in [2.75, 3.05) is 12.4 Å². The van der Waals surface area contributed by atoms with Crippen LogP contribution in [0.1, 0.15) is 25.8 Å². The molecule has 7 nitrogen and oxygen atoms in total. The molecule has 2 unspecified atom stereocenters. The molecule has 0 aliphatic carbocycles. The lowest BCUT2D eigenvalue weighted by Crippen LogP contribution is -2.48. The van der Waals surface area contributed by atoms with Crippen LogP contribution in [0.25, 0.3) is 0 Å². The summed E-state index contributed by atoms with van der Waals surface area (Å²) in [6.07, 6.45) is 0.998. The molecule has 1 fully saturated rings. The molecule has 2 aromatic carbocycles. The molecule has 2 atom stereocenters. The van der Waals surface area contributed by atoms with E-state index < -0.39 is 29.4 Å². The van der Waals surface area contributed by atoms with E-state index in [0.717, 1.165) is 16.2 Å². The second-order valence-electron chi connectivity index (χ2n) is 7.46. The fraction of sp³-hybridized carbons (Fsp3) is 0.318. The Morgan fingerprint density at radius 3 is 2.40 bits per heavy atom. The second kappa shape index (κ2) is 8.75. The molecule has 158 valence electrons. The molecule has 0 saturated carbocycles. The molecular weight excluding hydrogens is 406 g/mol. The smallest absolute Gasteiger partial charge is 0.325 e. The number of nitrogens with zero attached hydrogens (tertiary/aromatic N) is 1. The van der Waals surface area contributed by atoms with Crippen LogP contribution in [-0.2, 0) is 16.0 Å². The molecule has 2 N–H and O–H groups in total. The molecule has 8 heteroatoms. The first-order chi connectivity index (χ1) is 14.2. The van der Waals surface area contributed by atoms with Gasteiger partial charge in [-0.1, -0.05) is 23.7 Å². The minimum absolute atomic E-state index is 0.409. The SMILES string of the molecule is COc1ccc(CCC2(C)NC(=O)N(C(C)C(=O)Nc3ccc(Cl)cc3)C2=O)cc1. The quantitative estimate of drug-likeness (QED) is 0.658. The first-order valence-electron chi connectivity index (χ1n) is 9.59. The van der Waals surface area contributed by atoms with Crippen LogP contribution in [0.4, 0.5) is 10.5 Å². The first-order valence-corrected chi connectivity index (χ1v) is 9.96. The van der Waals surface area contributed by atoms with Crippen molar-refractivity contribution in [1.29, 1.82) is 0 Å². The van der Waals surface area contributed by atoms with Gasteiger partial charge >= 0.3 is 6.03 Å². The van der Waals surface area contributed by atoms with E-state index in [0.29, 0.717) is 23.6 Å². The molecule has 1 aliphatic heterocycles. The summed E-state index contributed by atoms with van der Waals surface area (Å²) >= 11 is 5.85. The molecule has 1 saturated heterocycles. The van der Waals surface area contributed by atoms with Gasteiger partial charge in [-0.3, -0.25) is 9.59 Å². The van der Waals surface area contributed by atoms with Crippen LogP contribution >= 0.6 is 11.6 Å². The van der Waals surface area contributed by atoms with E-state index in [4.69, 9.17) is 16.3 Å². The minimum atomic E-state index is -1.08. The topological polar surface area (TPSA) is 87.7 Å². The van der Waals surface area contributed by atoms with Crippen molar-refractivity contribution in [3.8, 4) is 5.75 Å². The number of ether oxygens (including phenoxy) is 1. The number of nitrogens with one attached hydrogen (secondary N) is 2. The van der Waals surface area contributed by atoms with Gasteiger partial charge in [-0.05, 0) is 68.7 Å². The van der Waals surface area contributed by atoms with E-state index in [2.05, 4.69) is 10.6 Å². The van der Waals surface area contributed by atoms with Gasteiger partial charge in [0, 0.05) is 10.7 Å². The number of rotatable bonds is 7. The van der Waals surface area contributed by atoms with Gasteiger partial charge in [-0.25, -0.2) is 9.69 Å². The van der Waals surface area contributed by atoms with E-state index in [1.165, 1.54) is 6.92 Å². The van der Waals surface area contributed by atoms with Gasteiger partial charge in [0.25, 0.3) is 5.91 Å². The number of hydrogen-bond donors (Lipinski definition) is 2. The van der Waals surface area contributed by atoms with Gasteiger partial charge in [0.05, 0.1) is 7.11 Å². The third-order valence-corrected chi connectivity index (χ3v) is 5.50. The Hall–Kier alpha value is -3.06. The average Bonchev–Trinajstić information content (AvgIpc) is 2.96. The van der Waals surface area contributed by atoms with Crippen molar-refractivity contribution in [1.82, 2.24) is 10.2 Å². The molecule has 0 aromatic heterocycles. The zero-order chi connectivity index (χ0) is 21.9. The van der Waals surface area contributed by atoms with Crippen LogP contribution in [0.15, 0.2) is 48.5 Å². The summed E-state index contributed by atoms with van der Waals surface area (Å²) in [6.45, 7) is 3.21. The van der Waals surface area contributed by atoms with E-state index in [9.17, 15) is 14.4 Å². The van der Waals surface area contributed by atoms with Crippen molar-refractivity contribution in [3.63, 3.8) is 0 Å². The second-order valence-corrected chi connectivity index (χ2v) is 7.89. The van der Waals surface area contributed by atoms with Gasteiger partial charge in [-0.15, -0.1) is 0 Å². The van der Waals surface area contributed by atoms with Gasteiger partial charge in [0.15, 0.2) is 0 Å². The molecule has 0 bridgehead atoms.